The minimum atomic E-state index is -0.510. The van der Waals surface area contributed by atoms with Crippen molar-refractivity contribution in [3.8, 4) is 5.75 Å². The zero-order valence-corrected chi connectivity index (χ0v) is 12.6. The average Bonchev–Trinajstić information content (AvgIpc) is 2.37. The topological polar surface area (TPSA) is 53.0 Å². The van der Waals surface area contributed by atoms with Gasteiger partial charge in [0, 0.05) is 32.2 Å². The predicted molar refractivity (Wildman–Crippen MR) is 78.1 cm³/mol. The summed E-state index contributed by atoms with van der Waals surface area (Å²) >= 11 is 0. The molecule has 0 bridgehead atoms. The molecular weight excluding hydrogens is 275 g/mol. The molecule has 1 N–H and O–H groups in total. The lowest BCUT2D eigenvalue weighted by molar-refractivity contribution is 0.0240. The molecule has 0 spiro atoms. The number of carbonyl (C=O) groups excluding carboxylic acids is 1. The van der Waals surface area contributed by atoms with Gasteiger partial charge in [-0.2, -0.15) is 0 Å². The second-order valence-electron chi connectivity index (χ2n) is 6.09. The maximum absolute atomic E-state index is 13.0. The Kier molecular flexibility index (Phi) is 4.25. The second kappa shape index (κ2) is 5.79. The van der Waals surface area contributed by atoms with Gasteiger partial charge in [-0.1, -0.05) is 0 Å². The van der Waals surface area contributed by atoms with E-state index >= 15 is 0 Å². The second-order valence-corrected chi connectivity index (χ2v) is 6.09. The number of ether oxygens (including phenoxy) is 1. The van der Waals surface area contributed by atoms with Crippen molar-refractivity contribution in [3.05, 3.63) is 24.0 Å². The number of hydrogen-bond acceptors (Lipinski definition) is 4. The van der Waals surface area contributed by atoms with Crippen molar-refractivity contribution in [3.63, 3.8) is 0 Å². The molecule has 5 nitrogen and oxygen atoms in total. The predicted octanol–water partition coefficient (Wildman–Crippen LogP) is 2.59. The van der Waals surface area contributed by atoms with Crippen molar-refractivity contribution >= 4 is 11.8 Å². The quantitative estimate of drug-likeness (QED) is 0.865. The molecule has 1 aromatic carbocycles. The van der Waals surface area contributed by atoms with Gasteiger partial charge in [-0.05, 0) is 32.9 Å². The number of aromatic hydroxyl groups is 1. The molecule has 6 heteroatoms. The maximum atomic E-state index is 13.0. The van der Waals surface area contributed by atoms with Gasteiger partial charge in [0.1, 0.15) is 17.2 Å². The summed E-state index contributed by atoms with van der Waals surface area (Å²) in [5, 5.41) is 9.78. The molecule has 1 heterocycles. The molecule has 0 radical (unpaired) electrons. The van der Waals surface area contributed by atoms with Gasteiger partial charge in [-0.3, -0.25) is 0 Å². The van der Waals surface area contributed by atoms with Crippen LogP contribution in [0.15, 0.2) is 18.2 Å². The summed E-state index contributed by atoms with van der Waals surface area (Å²) in [5.74, 6) is -0.552. The Hall–Kier alpha value is -1.98. The lowest BCUT2D eigenvalue weighted by Crippen LogP contribution is -2.50. The van der Waals surface area contributed by atoms with Gasteiger partial charge < -0.3 is 19.6 Å². The Bertz CT molecular complexity index is 520. The molecule has 1 aliphatic rings. The number of phenolic OH excluding ortho intramolecular Hbond substituents is 1. The molecule has 0 saturated carbocycles. The molecule has 1 amide bonds. The Morgan fingerprint density at radius 2 is 1.86 bits per heavy atom. The highest BCUT2D eigenvalue weighted by Gasteiger charge is 2.26. The molecule has 21 heavy (non-hydrogen) atoms. The van der Waals surface area contributed by atoms with E-state index in [1.54, 1.807) is 11.0 Å². The van der Waals surface area contributed by atoms with E-state index in [-0.39, 0.29) is 11.8 Å². The van der Waals surface area contributed by atoms with Crippen LogP contribution in [0.2, 0.25) is 0 Å². The molecule has 116 valence electrons. The van der Waals surface area contributed by atoms with Crippen LogP contribution in [0.5, 0.6) is 5.75 Å². The smallest absolute Gasteiger partial charge is 0.410 e. The molecule has 2 rings (SSSR count). The van der Waals surface area contributed by atoms with Crippen LogP contribution in [0.25, 0.3) is 0 Å². The standard InChI is InChI=1S/C15H21FN2O3/c1-15(2,3)21-14(20)18-8-6-17(7-9-18)12-5-4-11(16)10-13(12)19/h4-5,10,19H,6-9H2,1-3H3. The van der Waals surface area contributed by atoms with E-state index in [1.807, 2.05) is 25.7 Å². The van der Waals surface area contributed by atoms with Gasteiger partial charge in [0.2, 0.25) is 0 Å². The van der Waals surface area contributed by atoms with Gasteiger partial charge in [-0.15, -0.1) is 0 Å². The van der Waals surface area contributed by atoms with Crippen LogP contribution >= 0.6 is 0 Å². The number of phenols is 1. The fourth-order valence-corrected chi connectivity index (χ4v) is 2.22. The zero-order valence-electron chi connectivity index (χ0n) is 12.6. The Morgan fingerprint density at radius 3 is 2.38 bits per heavy atom. The minimum absolute atomic E-state index is 0.0827. The minimum Gasteiger partial charge on any atom is -0.506 e. The van der Waals surface area contributed by atoms with Crippen molar-refractivity contribution in [1.29, 1.82) is 0 Å². The van der Waals surface area contributed by atoms with E-state index in [0.717, 1.165) is 6.07 Å². The maximum Gasteiger partial charge on any atom is 0.410 e. The summed E-state index contributed by atoms with van der Waals surface area (Å²) in [6.07, 6.45) is -0.328. The fourth-order valence-electron chi connectivity index (χ4n) is 2.22. The third-order valence-corrected chi connectivity index (χ3v) is 3.21. The van der Waals surface area contributed by atoms with Crippen LogP contribution in [-0.4, -0.2) is 47.9 Å². The zero-order chi connectivity index (χ0) is 15.6. The largest absolute Gasteiger partial charge is 0.506 e. The molecule has 1 aliphatic heterocycles. The summed E-state index contributed by atoms with van der Waals surface area (Å²) in [5.41, 5.74) is 0.0731. The van der Waals surface area contributed by atoms with Crippen LogP contribution in [0.1, 0.15) is 20.8 Å². The molecule has 1 aromatic rings. The Morgan fingerprint density at radius 1 is 1.24 bits per heavy atom. The van der Waals surface area contributed by atoms with Crippen molar-refractivity contribution in [2.45, 2.75) is 26.4 Å². The number of piperazine rings is 1. The van der Waals surface area contributed by atoms with E-state index in [1.165, 1.54) is 6.07 Å². The van der Waals surface area contributed by atoms with Gasteiger partial charge in [0.05, 0.1) is 5.69 Å². The van der Waals surface area contributed by atoms with Crippen LogP contribution < -0.4 is 4.90 Å². The van der Waals surface area contributed by atoms with E-state index < -0.39 is 11.4 Å². The summed E-state index contributed by atoms with van der Waals surface area (Å²) in [4.78, 5) is 15.5. The number of rotatable bonds is 1. The van der Waals surface area contributed by atoms with E-state index in [4.69, 9.17) is 4.74 Å². The number of anilines is 1. The molecule has 0 unspecified atom stereocenters. The number of benzene rings is 1. The summed E-state index contributed by atoms with van der Waals surface area (Å²) in [6.45, 7) is 7.64. The first-order valence-corrected chi connectivity index (χ1v) is 6.98. The molecule has 0 atom stereocenters. The van der Waals surface area contributed by atoms with E-state index in [2.05, 4.69) is 0 Å². The first-order valence-electron chi connectivity index (χ1n) is 6.98. The van der Waals surface area contributed by atoms with Crippen LogP contribution in [0.4, 0.5) is 14.9 Å². The van der Waals surface area contributed by atoms with Crippen molar-refractivity contribution < 1.29 is 19.0 Å². The number of hydrogen-bond donors (Lipinski definition) is 1. The molecular formula is C15H21FN2O3. The number of amides is 1. The third-order valence-electron chi connectivity index (χ3n) is 3.21. The lowest BCUT2D eigenvalue weighted by atomic mass is 10.2. The summed E-state index contributed by atoms with van der Waals surface area (Å²) < 4.78 is 18.3. The number of nitrogens with zero attached hydrogens (tertiary/aromatic N) is 2. The van der Waals surface area contributed by atoms with Crippen molar-refractivity contribution in [1.82, 2.24) is 4.90 Å². The van der Waals surface area contributed by atoms with Gasteiger partial charge in [0.15, 0.2) is 0 Å². The third kappa shape index (κ3) is 4.00. The summed E-state index contributed by atoms with van der Waals surface area (Å²) in [6, 6.07) is 3.96. The normalized spacial score (nSPS) is 16.0. The van der Waals surface area contributed by atoms with E-state index in [0.29, 0.717) is 31.9 Å². The number of halogens is 1. The van der Waals surface area contributed by atoms with Gasteiger partial charge in [-0.25, -0.2) is 9.18 Å². The molecule has 0 aromatic heterocycles. The Labute approximate surface area is 123 Å². The highest BCUT2D eigenvalue weighted by Crippen LogP contribution is 2.28. The first kappa shape index (κ1) is 15.4. The molecule has 1 fully saturated rings. The SMILES string of the molecule is CC(C)(C)OC(=O)N1CCN(c2ccc(F)cc2O)CC1. The van der Waals surface area contributed by atoms with Crippen LogP contribution in [0.3, 0.4) is 0 Å². The van der Waals surface area contributed by atoms with Gasteiger partial charge >= 0.3 is 6.09 Å². The van der Waals surface area contributed by atoms with Crippen LogP contribution in [0, 0.1) is 5.82 Å². The molecule has 1 saturated heterocycles. The molecule has 0 aliphatic carbocycles. The van der Waals surface area contributed by atoms with Crippen molar-refractivity contribution in [2.75, 3.05) is 31.1 Å². The Balaban J connectivity index is 1.95. The first-order chi connectivity index (χ1) is 9.76. The van der Waals surface area contributed by atoms with Crippen molar-refractivity contribution in [2.24, 2.45) is 0 Å². The highest BCUT2D eigenvalue weighted by molar-refractivity contribution is 5.69. The average molecular weight is 296 g/mol. The highest BCUT2D eigenvalue weighted by atomic mass is 19.1. The van der Waals surface area contributed by atoms with Gasteiger partial charge in [0.25, 0.3) is 0 Å². The lowest BCUT2D eigenvalue weighted by Gasteiger charge is -2.36. The number of carbonyl (C=O) groups is 1. The van der Waals surface area contributed by atoms with E-state index in [9.17, 15) is 14.3 Å². The monoisotopic (exact) mass is 296 g/mol. The summed E-state index contributed by atoms with van der Waals surface area (Å²) in [7, 11) is 0. The van der Waals surface area contributed by atoms with Crippen LogP contribution in [-0.2, 0) is 4.74 Å². The fraction of sp³-hybridized carbons (Fsp3) is 0.533.